The lowest BCUT2D eigenvalue weighted by Gasteiger charge is -2.13. The minimum Gasteiger partial charge on any atom is -0.507 e. The number of rotatable bonds is 10. The second-order valence-corrected chi connectivity index (χ2v) is 5.77. The van der Waals surface area contributed by atoms with Gasteiger partial charge in [0.2, 0.25) is 5.78 Å². The third-order valence-electron chi connectivity index (χ3n) is 3.92. The maximum absolute atomic E-state index is 13.0. The van der Waals surface area contributed by atoms with Gasteiger partial charge in [-0.15, -0.1) is 0 Å². The summed E-state index contributed by atoms with van der Waals surface area (Å²) in [7, 11) is 2.96. The molecule has 27 heavy (non-hydrogen) atoms. The molecule has 0 radical (unpaired) electrons. The normalized spacial score (nSPS) is 10.3. The summed E-state index contributed by atoms with van der Waals surface area (Å²) in [6, 6.07) is 9.20. The van der Waals surface area contributed by atoms with E-state index in [0.29, 0.717) is 30.1 Å². The van der Waals surface area contributed by atoms with Gasteiger partial charge in [0.25, 0.3) is 0 Å². The van der Waals surface area contributed by atoms with Crippen molar-refractivity contribution in [2.24, 2.45) is 0 Å². The molecule has 0 aliphatic heterocycles. The maximum atomic E-state index is 13.0. The zero-order chi connectivity index (χ0) is 19.8. The van der Waals surface area contributed by atoms with Gasteiger partial charge in [-0.2, -0.15) is 0 Å². The number of ether oxygens (including phenoxy) is 3. The lowest BCUT2D eigenvalue weighted by Crippen LogP contribution is -2.08. The van der Waals surface area contributed by atoms with E-state index in [-0.39, 0.29) is 29.9 Å². The van der Waals surface area contributed by atoms with Crippen molar-refractivity contribution in [2.75, 3.05) is 20.8 Å². The fraction of sp³-hybridized carbons (Fsp3) is 0.300. The first-order chi connectivity index (χ1) is 13.0. The average molecular weight is 374 g/mol. The van der Waals surface area contributed by atoms with Gasteiger partial charge in [-0.25, -0.2) is 0 Å². The zero-order valence-electron chi connectivity index (χ0n) is 15.2. The predicted molar refractivity (Wildman–Crippen MR) is 98.1 cm³/mol. The number of hydrogen-bond donors (Lipinski definition) is 2. The van der Waals surface area contributed by atoms with E-state index < -0.39 is 11.8 Å². The summed E-state index contributed by atoms with van der Waals surface area (Å²) >= 11 is 0. The van der Waals surface area contributed by atoms with Gasteiger partial charge in [0.1, 0.15) is 23.0 Å². The van der Waals surface area contributed by atoms with Gasteiger partial charge < -0.3 is 24.4 Å². The molecule has 0 saturated carbocycles. The number of methoxy groups -OCH3 is 2. The molecule has 0 saturated heterocycles. The molecule has 0 spiro atoms. The van der Waals surface area contributed by atoms with Crippen molar-refractivity contribution < 1.29 is 34.0 Å². The van der Waals surface area contributed by atoms with Crippen LogP contribution in [0.1, 0.15) is 35.2 Å². The monoisotopic (exact) mass is 374 g/mol. The predicted octanol–water partition coefficient (Wildman–Crippen LogP) is 3.27. The standard InChI is InChI=1S/C20H22O7/c1-25-13-6-8-17(21)15(11-13)20(24)16-12-14(26-2)7-9-18(16)27-10-4-3-5-19(22)23/h6-9,11-12,21H,3-5,10H2,1-2H3,(H,22,23). The summed E-state index contributed by atoms with van der Waals surface area (Å²) in [5.74, 6) is -0.224. The van der Waals surface area contributed by atoms with Crippen LogP contribution in [0.5, 0.6) is 23.0 Å². The Balaban J connectivity index is 2.25. The Kier molecular flexibility index (Phi) is 7.05. The molecule has 0 unspecified atom stereocenters. The number of hydrogen-bond acceptors (Lipinski definition) is 6. The molecule has 0 atom stereocenters. The quantitative estimate of drug-likeness (QED) is 0.486. The Morgan fingerprint density at radius 1 is 0.926 bits per heavy atom. The van der Waals surface area contributed by atoms with E-state index in [9.17, 15) is 14.7 Å². The number of aliphatic carboxylic acids is 1. The van der Waals surface area contributed by atoms with E-state index in [1.54, 1.807) is 18.2 Å². The van der Waals surface area contributed by atoms with E-state index >= 15 is 0 Å². The van der Waals surface area contributed by atoms with E-state index in [2.05, 4.69) is 0 Å². The van der Waals surface area contributed by atoms with Crippen molar-refractivity contribution in [1.29, 1.82) is 0 Å². The number of phenolic OH excluding ortho intramolecular Hbond substituents is 1. The Morgan fingerprint density at radius 2 is 1.56 bits per heavy atom. The van der Waals surface area contributed by atoms with Gasteiger partial charge in [-0.3, -0.25) is 9.59 Å². The van der Waals surface area contributed by atoms with E-state index in [1.165, 1.54) is 32.4 Å². The summed E-state index contributed by atoms with van der Waals surface area (Å²) in [6.45, 7) is 0.268. The molecular formula is C20H22O7. The van der Waals surface area contributed by atoms with Gasteiger partial charge >= 0.3 is 5.97 Å². The highest BCUT2D eigenvalue weighted by Crippen LogP contribution is 2.31. The van der Waals surface area contributed by atoms with E-state index in [1.807, 2.05) is 0 Å². The second-order valence-electron chi connectivity index (χ2n) is 5.77. The fourth-order valence-corrected chi connectivity index (χ4v) is 2.47. The molecule has 0 amide bonds. The molecule has 0 bridgehead atoms. The Bertz CT molecular complexity index is 814. The molecule has 0 aliphatic rings. The first-order valence-corrected chi connectivity index (χ1v) is 8.40. The van der Waals surface area contributed by atoms with Crippen molar-refractivity contribution in [3.8, 4) is 23.0 Å². The minimum atomic E-state index is -0.858. The molecule has 7 nitrogen and oxygen atoms in total. The fourth-order valence-electron chi connectivity index (χ4n) is 2.47. The van der Waals surface area contributed by atoms with Crippen LogP contribution in [0.2, 0.25) is 0 Å². The van der Waals surface area contributed by atoms with Crippen LogP contribution in [-0.4, -0.2) is 42.8 Å². The maximum Gasteiger partial charge on any atom is 0.303 e. The van der Waals surface area contributed by atoms with Crippen LogP contribution < -0.4 is 14.2 Å². The molecule has 7 heteroatoms. The number of carboxylic acid groups (broad SMARTS) is 1. The number of carbonyl (C=O) groups excluding carboxylic acids is 1. The SMILES string of the molecule is COc1ccc(O)c(C(=O)c2cc(OC)ccc2OCCCCC(=O)O)c1. The average Bonchev–Trinajstić information content (AvgIpc) is 2.67. The molecule has 2 aromatic carbocycles. The van der Waals surface area contributed by atoms with Gasteiger partial charge in [0.15, 0.2) is 0 Å². The number of benzene rings is 2. The van der Waals surface area contributed by atoms with Crippen LogP contribution in [0.4, 0.5) is 0 Å². The van der Waals surface area contributed by atoms with Crippen LogP contribution in [0, 0.1) is 0 Å². The highest BCUT2D eigenvalue weighted by atomic mass is 16.5. The molecule has 0 aliphatic carbocycles. The summed E-state index contributed by atoms with van der Waals surface area (Å²) in [4.78, 5) is 23.5. The van der Waals surface area contributed by atoms with Gasteiger partial charge in [0, 0.05) is 6.42 Å². The summed E-state index contributed by atoms with van der Waals surface area (Å²) < 4.78 is 16.0. The van der Waals surface area contributed by atoms with Gasteiger partial charge in [-0.1, -0.05) is 0 Å². The third-order valence-corrected chi connectivity index (χ3v) is 3.92. The number of ketones is 1. The number of aromatic hydroxyl groups is 1. The first-order valence-electron chi connectivity index (χ1n) is 8.40. The van der Waals surface area contributed by atoms with E-state index in [4.69, 9.17) is 19.3 Å². The molecule has 0 fully saturated rings. The number of carboxylic acids is 1. The minimum absolute atomic E-state index is 0.0649. The van der Waals surface area contributed by atoms with Crippen LogP contribution >= 0.6 is 0 Å². The molecular weight excluding hydrogens is 352 g/mol. The third kappa shape index (κ3) is 5.37. The van der Waals surface area contributed by atoms with Crippen molar-refractivity contribution in [3.63, 3.8) is 0 Å². The molecule has 144 valence electrons. The second kappa shape index (κ2) is 9.47. The van der Waals surface area contributed by atoms with Crippen molar-refractivity contribution >= 4 is 11.8 Å². The van der Waals surface area contributed by atoms with Crippen LogP contribution in [-0.2, 0) is 4.79 Å². The van der Waals surface area contributed by atoms with Crippen LogP contribution in [0.3, 0.4) is 0 Å². The first kappa shape index (κ1) is 20.1. The van der Waals surface area contributed by atoms with Crippen LogP contribution in [0.25, 0.3) is 0 Å². The van der Waals surface area contributed by atoms with Crippen LogP contribution in [0.15, 0.2) is 36.4 Å². The Hall–Kier alpha value is -3.22. The highest BCUT2D eigenvalue weighted by molar-refractivity contribution is 6.12. The molecule has 2 rings (SSSR count). The summed E-state index contributed by atoms with van der Waals surface area (Å²) in [6.07, 6.45) is 1.08. The number of phenols is 1. The molecule has 2 N–H and O–H groups in total. The molecule has 0 aromatic heterocycles. The highest BCUT2D eigenvalue weighted by Gasteiger charge is 2.20. The lowest BCUT2D eigenvalue weighted by atomic mass is 10.0. The van der Waals surface area contributed by atoms with Gasteiger partial charge in [-0.05, 0) is 49.2 Å². The largest absolute Gasteiger partial charge is 0.507 e. The smallest absolute Gasteiger partial charge is 0.303 e. The Morgan fingerprint density at radius 3 is 2.19 bits per heavy atom. The Labute approximate surface area is 157 Å². The zero-order valence-corrected chi connectivity index (χ0v) is 15.2. The van der Waals surface area contributed by atoms with Crippen molar-refractivity contribution in [1.82, 2.24) is 0 Å². The van der Waals surface area contributed by atoms with E-state index in [0.717, 1.165) is 0 Å². The number of unbranched alkanes of at least 4 members (excludes halogenated alkanes) is 1. The van der Waals surface area contributed by atoms with Crippen molar-refractivity contribution in [2.45, 2.75) is 19.3 Å². The molecule has 0 heterocycles. The molecule has 2 aromatic rings. The van der Waals surface area contributed by atoms with Crippen molar-refractivity contribution in [3.05, 3.63) is 47.5 Å². The summed E-state index contributed by atoms with van der Waals surface area (Å²) in [5.41, 5.74) is 0.314. The lowest BCUT2D eigenvalue weighted by molar-refractivity contribution is -0.137. The topological polar surface area (TPSA) is 102 Å². The van der Waals surface area contributed by atoms with Gasteiger partial charge in [0.05, 0.1) is 32.0 Å². The summed E-state index contributed by atoms with van der Waals surface area (Å²) in [5, 5.41) is 18.7. The number of carbonyl (C=O) groups is 2.